The van der Waals surface area contributed by atoms with E-state index in [-0.39, 0.29) is 11.7 Å². The lowest BCUT2D eigenvalue weighted by atomic mass is 9.95. The Morgan fingerprint density at radius 2 is 1.57 bits per heavy atom. The number of morpholine rings is 1. The average molecular weight is 422 g/mol. The van der Waals surface area contributed by atoms with Gasteiger partial charge in [0.2, 0.25) is 5.91 Å². The first-order chi connectivity index (χ1) is 14.3. The van der Waals surface area contributed by atoms with Crippen molar-refractivity contribution in [1.29, 1.82) is 0 Å². The van der Waals surface area contributed by atoms with Crippen molar-refractivity contribution in [3.05, 3.63) is 41.7 Å². The summed E-state index contributed by atoms with van der Waals surface area (Å²) in [5.74, 6) is -3.13. The SMILES string of the molecule is O=C(CN1CCOCC1)N1CCC(/C=C\c2ccc(F)cc2)CC1.O=C(O)C(=O)O. The van der Waals surface area contributed by atoms with Crippen LogP contribution in [0.3, 0.4) is 0 Å². The monoisotopic (exact) mass is 422 g/mol. The maximum Gasteiger partial charge on any atom is 0.414 e. The molecule has 3 rings (SSSR count). The van der Waals surface area contributed by atoms with Gasteiger partial charge in [0.05, 0.1) is 19.8 Å². The Bertz CT molecular complexity index is 726. The molecule has 0 aliphatic carbocycles. The lowest BCUT2D eigenvalue weighted by Gasteiger charge is -2.33. The maximum absolute atomic E-state index is 12.9. The Hall–Kier alpha value is -2.78. The normalized spacial score (nSPS) is 18.0. The number of allylic oxidation sites excluding steroid dienone is 1. The Morgan fingerprint density at radius 3 is 2.10 bits per heavy atom. The highest BCUT2D eigenvalue weighted by molar-refractivity contribution is 6.27. The molecule has 2 heterocycles. The Balaban J connectivity index is 0.000000469. The van der Waals surface area contributed by atoms with Gasteiger partial charge in [0, 0.05) is 26.2 Å². The number of hydrogen-bond acceptors (Lipinski definition) is 5. The highest BCUT2D eigenvalue weighted by Gasteiger charge is 2.23. The zero-order chi connectivity index (χ0) is 21.9. The summed E-state index contributed by atoms with van der Waals surface area (Å²) in [6, 6.07) is 6.53. The third-order valence-electron chi connectivity index (χ3n) is 4.97. The van der Waals surface area contributed by atoms with E-state index in [1.165, 1.54) is 12.1 Å². The van der Waals surface area contributed by atoms with Gasteiger partial charge in [0.25, 0.3) is 0 Å². The number of halogens is 1. The van der Waals surface area contributed by atoms with Gasteiger partial charge in [-0.05, 0) is 36.5 Å². The van der Waals surface area contributed by atoms with Gasteiger partial charge in [-0.2, -0.15) is 0 Å². The molecule has 0 unspecified atom stereocenters. The molecular weight excluding hydrogens is 395 g/mol. The first kappa shape index (κ1) is 23.5. The lowest BCUT2D eigenvalue weighted by molar-refractivity contribution is -0.159. The van der Waals surface area contributed by atoms with E-state index in [2.05, 4.69) is 17.1 Å². The van der Waals surface area contributed by atoms with Gasteiger partial charge < -0.3 is 19.8 Å². The molecule has 0 atom stereocenters. The van der Waals surface area contributed by atoms with E-state index in [1.807, 2.05) is 4.90 Å². The number of aliphatic carboxylic acids is 2. The molecule has 2 saturated heterocycles. The summed E-state index contributed by atoms with van der Waals surface area (Å²) in [6.07, 6.45) is 6.23. The van der Waals surface area contributed by atoms with Gasteiger partial charge >= 0.3 is 11.9 Å². The fourth-order valence-electron chi connectivity index (χ4n) is 3.21. The van der Waals surface area contributed by atoms with Gasteiger partial charge in [0.15, 0.2) is 0 Å². The second-order valence-corrected chi connectivity index (χ2v) is 7.13. The average Bonchev–Trinajstić information content (AvgIpc) is 2.75. The van der Waals surface area contributed by atoms with Crippen molar-refractivity contribution in [2.24, 2.45) is 5.92 Å². The number of carboxylic acids is 2. The summed E-state index contributed by atoms with van der Waals surface area (Å²) in [7, 11) is 0. The number of nitrogens with zero attached hydrogens (tertiary/aromatic N) is 2. The van der Waals surface area contributed by atoms with Crippen molar-refractivity contribution < 1.29 is 33.7 Å². The van der Waals surface area contributed by atoms with Crippen LogP contribution in [0.2, 0.25) is 0 Å². The second kappa shape index (κ2) is 12.0. The molecule has 1 amide bonds. The molecule has 0 aromatic heterocycles. The second-order valence-electron chi connectivity index (χ2n) is 7.13. The summed E-state index contributed by atoms with van der Waals surface area (Å²) in [5, 5.41) is 14.8. The first-order valence-corrected chi connectivity index (χ1v) is 9.83. The van der Waals surface area contributed by atoms with E-state index < -0.39 is 11.9 Å². The van der Waals surface area contributed by atoms with Gasteiger partial charge in [0.1, 0.15) is 5.82 Å². The van der Waals surface area contributed by atoms with Crippen LogP contribution in [0.25, 0.3) is 6.08 Å². The van der Waals surface area contributed by atoms with Gasteiger partial charge in [-0.25, -0.2) is 14.0 Å². The van der Waals surface area contributed by atoms with Crippen molar-refractivity contribution in [2.75, 3.05) is 45.9 Å². The van der Waals surface area contributed by atoms with E-state index in [1.54, 1.807) is 12.1 Å². The number of hydrogen-bond donors (Lipinski definition) is 2. The lowest BCUT2D eigenvalue weighted by Crippen LogP contribution is -2.46. The topological polar surface area (TPSA) is 107 Å². The number of benzene rings is 1. The number of carbonyl (C=O) groups is 3. The Kier molecular flexibility index (Phi) is 9.43. The number of likely N-dealkylation sites (tertiary alicyclic amines) is 1. The summed E-state index contributed by atoms with van der Waals surface area (Å²) in [6.45, 7) is 5.31. The van der Waals surface area contributed by atoms with Crippen LogP contribution in [-0.4, -0.2) is 83.8 Å². The van der Waals surface area contributed by atoms with Crippen LogP contribution in [0.4, 0.5) is 4.39 Å². The van der Waals surface area contributed by atoms with Crippen molar-refractivity contribution in [3.63, 3.8) is 0 Å². The van der Waals surface area contributed by atoms with Crippen molar-refractivity contribution in [3.8, 4) is 0 Å². The Morgan fingerprint density at radius 1 is 1.00 bits per heavy atom. The number of rotatable bonds is 4. The quantitative estimate of drug-likeness (QED) is 0.709. The molecule has 2 N–H and O–H groups in total. The molecule has 0 spiro atoms. The molecule has 1 aromatic rings. The molecule has 0 bridgehead atoms. The fraction of sp³-hybridized carbons (Fsp3) is 0.476. The first-order valence-electron chi connectivity index (χ1n) is 9.83. The van der Waals surface area contributed by atoms with Crippen LogP contribution in [-0.2, 0) is 19.1 Å². The van der Waals surface area contributed by atoms with E-state index in [0.717, 1.165) is 57.8 Å². The van der Waals surface area contributed by atoms with Crippen molar-refractivity contribution in [2.45, 2.75) is 12.8 Å². The molecule has 164 valence electrons. The number of carbonyl (C=O) groups excluding carboxylic acids is 1. The largest absolute Gasteiger partial charge is 0.473 e. The van der Waals surface area contributed by atoms with E-state index in [4.69, 9.17) is 24.5 Å². The minimum atomic E-state index is -1.82. The van der Waals surface area contributed by atoms with E-state index in [9.17, 15) is 9.18 Å². The van der Waals surface area contributed by atoms with Crippen LogP contribution < -0.4 is 0 Å². The molecule has 0 radical (unpaired) electrons. The highest BCUT2D eigenvalue weighted by Crippen LogP contribution is 2.20. The smallest absolute Gasteiger partial charge is 0.414 e. The third-order valence-corrected chi connectivity index (χ3v) is 4.97. The summed E-state index contributed by atoms with van der Waals surface area (Å²) < 4.78 is 18.2. The number of carboxylic acid groups (broad SMARTS) is 2. The molecule has 2 aliphatic heterocycles. The van der Waals surface area contributed by atoms with Crippen LogP contribution in [0.5, 0.6) is 0 Å². The molecule has 30 heavy (non-hydrogen) atoms. The Labute approximate surface area is 174 Å². The predicted molar refractivity (Wildman–Crippen MR) is 107 cm³/mol. The third kappa shape index (κ3) is 8.30. The zero-order valence-corrected chi connectivity index (χ0v) is 16.7. The van der Waals surface area contributed by atoms with Gasteiger partial charge in [-0.15, -0.1) is 0 Å². The minimum absolute atomic E-state index is 0.209. The molecule has 2 fully saturated rings. The number of amides is 1. The molecule has 0 saturated carbocycles. The van der Waals surface area contributed by atoms with Gasteiger partial charge in [-0.3, -0.25) is 9.69 Å². The number of piperidine rings is 1. The summed E-state index contributed by atoms with van der Waals surface area (Å²) >= 11 is 0. The summed E-state index contributed by atoms with van der Waals surface area (Å²) in [4.78, 5) is 34.7. The zero-order valence-electron chi connectivity index (χ0n) is 16.7. The molecule has 2 aliphatic rings. The molecular formula is C21H27FN2O6. The van der Waals surface area contributed by atoms with Crippen LogP contribution in [0, 0.1) is 11.7 Å². The highest BCUT2D eigenvalue weighted by atomic mass is 19.1. The fourth-order valence-corrected chi connectivity index (χ4v) is 3.21. The minimum Gasteiger partial charge on any atom is -0.473 e. The maximum atomic E-state index is 12.9. The van der Waals surface area contributed by atoms with Crippen LogP contribution in [0.1, 0.15) is 18.4 Å². The van der Waals surface area contributed by atoms with Crippen molar-refractivity contribution >= 4 is 23.9 Å². The molecule has 1 aromatic carbocycles. The standard InChI is InChI=1S/C19H25FN2O2.C2H2O4/c20-18-5-3-16(4-6-18)1-2-17-7-9-22(10-8-17)19(23)15-21-11-13-24-14-12-21;3-1(4)2(5)6/h1-6,17H,7-15H2;(H,3,4)(H,5,6)/b2-1-;. The van der Waals surface area contributed by atoms with Gasteiger partial charge in [-0.1, -0.05) is 24.3 Å². The van der Waals surface area contributed by atoms with E-state index >= 15 is 0 Å². The van der Waals surface area contributed by atoms with Crippen LogP contribution in [0.15, 0.2) is 30.3 Å². The van der Waals surface area contributed by atoms with E-state index in [0.29, 0.717) is 12.5 Å². The molecule has 9 heteroatoms. The van der Waals surface area contributed by atoms with Crippen molar-refractivity contribution in [1.82, 2.24) is 9.80 Å². The van der Waals surface area contributed by atoms with Crippen LogP contribution >= 0.6 is 0 Å². The summed E-state index contributed by atoms with van der Waals surface area (Å²) in [5.41, 5.74) is 1.02. The number of ether oxygens (including phenoxy) is 1. The molecule has 8 nitrogen and oxygen atoms in total. The predicted octanol–water partition coefficient (Wildman–Crippen LogP) is 1.57.